The van der Waals surface area contributed by atoms with E-state index in [1.165, 1.54) is 0 Å². The predicted molar refractivity (Wildman–Crippen MR) is 81.6 cm³/mol. The van der Waals surface area contributed by atoms with E-state index in [0.717, 1.165) is 22.4 Å². The Morgan fingerprint density at radius 1 is 0.952 bits per heavy atom. The smallest absolute Gasteiger partial charge is 0.150 e. The topological polar surface area (TPSA) is 55.8 Å². The number of phenols is 1. The van der Waals surface area contributed by atoms with E-state index in [2.05, 4.69) is 0 Å². The number of hydrogen-bond donors (Lipinski definition) is 1. The molecule has 0 heterocycles. The highest BCUT2D eigenvalue weighted by molar-refractivity contribution is 6.13. The largest absolute Gasteiger partial charge is 0.507 e. The molecule has 3 aromatic rings. The van der Waals surface area contributed by atoms with Gasteiger partial charge < -0.3 is 14.6 Å². The van der Waals surface area contributed by atoms with Crippen LogP contribution in [0.1, 0.15) is 10.4 Å². The Morgan fingerprint density at radius 3 is 2.38 bits per heavy atom. The van der Waals surface area contributed by atoms with Crippen molar-refractivity contribution < 1.29 is 19.4 Å². The fourth-order valence-electron chi connectivity index (χ4n) is 2.70. The molecule has 106 valence electrons. The molecule has 0 radical (unpaired) electrons. The van der Waals surface area contributed by atoms with Crippen molar-refractivity contribution in [3.8, 4) is 17.2 Å². The van der Waals surface area contributed by atoms with Crippen molar-refractivity contribution in [1.82, 2.24) is 0 Å². The van der Waals surface area contributed by atoms with E-state index in [4.69, 9.17) is 9.47 Å². The van der Waals surface area contributed by atoms with Gasteiger partial charge >= 0.3 is 0 Å². The molecule has 0 atom stereocenters. The second-order valence-electron chi connectivity index (χ2n) is 4.69. The highest BCUT2D eigenvalue weighted by Crippen LogP contribution is 2.45. The van der Waals surface area contributed by atoms with E-state index in [-0.39, 0.29) is 5.75 Å². The number of phenolic OH excluding ortho intramolecular Hbond substituents is 1. The molecular weight excluding hydrogens is 268 g/mol. The molecule has 0 saturated heterocycles. The zero-order valence-electron chi connectivity index (χ0n) is 11.7. The molecule has 1 N–H and O–H groups in total. The summed E-state index contributed by atoms with van der Waals surface area (Å²) in [7, 11) is 3.12. The standard InChI is InChI=1S/C17H14O4/c1-20-16-11-7-6-10(9-18)8-13(11)17(21-2)15-12(16)4-3-5-14(15)19/h3-9,19H,1-2H3. The van der Waals surface area contributed by atoms with Crippen LogP contribution in [0, 0.1) is 0 Å². The van der Waals surface area contributed by atoms with Gasteiger partial charge in [-0.3, -0.25) is 4.79 Å². The lowest BCUT2D eigenvalue weighted by molar-refractivity contribution is 0.112. The Kier molecular flexibility index (Phi) is 3.14. The number of rotatable bonds is 3. The molecule has 3 aromatic carbocycles. The maximum absolute atomic E-state index is 11.0. The molecule has 0 aliphatic carbocycles. The molecule has 0 aromatic heterocycles. The molecule has 3 rings (SSSR count). The van der Waals surface area contributed by atoms with Crippen molar-refractivity contribution in [3.05, 3.63) is 42.0 Å². The summed E-state index contributed by atoms with van der Waals surface area (Å²) in [5.41, 5.74) is 0.539. The molecular formula is C17H14O4. The minimum atomic E-state index is 0.112. The molecule has 0 unspecified atom stereocenters. The zero-order chi connectivity index (χ0) is 15.0. The summed E-state index contributed by atoms with van der Waals surface area (Å²) in [5, 5.41) is 13.1. The Bertz CT molecular complexity index is 852. The van der Waals surface area contributed by atoms with Gasteiger partial charge in [-0.15, -0.1) is 0 Å². The van der Waals surface area contributed by atoms with Gasteiger partial charge in [-0.25, -0.2) is 0 Å². The lowest BCUT2D eigenvalue weighted by Crippen LogP contribution is -1.94. The molecule has 4 nitrogen and oxygen atoms in total. The van der Waals surface area contributed by atoms with E-state index in [0.29, 0.717) is 22.4 Å². The van der Waals surface area contributed by atoms with Crippen molar-refractivity contribution in [2.24, 2.45) is 0 Å². The van der Waals surface area contributed by atoms with Crippen LogP contribution in [0.3, 0.4) is 0 Å². The number of methoxy groups -OCH3 is 2. The number of benzene rings is 3. The first-order valence-corrected chi connectivity index (χ1v) is 6.45. The highest BCUT2D eigenvalue weighted by atomic mass is 16.5. The normalized spacial score (nSPS) is 10.8. The molecule has 21 heavy (non-hydrogen) atoms. The second kappa shape index (κ2) is 4.98. The first-order valence-electron chi connectivity index (χ1n) is 6.45. The van der Waals surface area contributed by atoms with E-state index in [1.807, 2.05) is 12.1 Å². The van der Waals surface area contributed by atoms with Crippen LogP contribution in [-0.2, 0) is 0 Å². The average molecular weight is 282 g/mol. The molecule has 0 amide bonds. The lowest BCUT2D eigenvalue weighted by Gasteiger charge is -2.16. The third-order valence-corrected chi connectivity index (χ3v) is 3.59. The van der Waals surface area contributed by atoms with Crippen LogP contribution < -0.4 is 9.47 Å². The SMILES string of the molecule is COc1c2ccc(C=O)cc2c(OC)c2c(O)cccc12. The fourth-order valence-corrected chi connectivity index (χ4v) is 2.70. The van der Waals surface area contributed by atoms with Crippen molar-refractivity contribution in [2.45, 2.75) is 0 Å². The number of ether oxygens (including phenoxy) is 2. The maximum Gasteiger partial charge on any atom is 0.150 e. The van der Waals surface area contributed by atoms with Crippen LogP contribution in [0.15, 0.2) is 36.4 Å². The highest BCUT2D eigenvalue weighted by Gasteiger charge is 2.17. The van der Waals surface area contributed by atoms with Crippen LogP contribution >= 0.6 is 0 Å². The van der Waals surface area contributed by atoms with Gasteiger partial charge in [0, 0.05) is 21.7 Å². The second-order valence-corrected chi connectivity index (χ2v) is 4.69. The molecule has 0 fully saturated rings. The Balaban J connectivity index is 2.62. The van der Waals surface area contributed by atoms with Gasteiger partial charge in [-0.05, 0) is 18.2 Å². The summed E-state index contributed by atoms with van der Waals surface area (Å²) < 4.78 is 11.0. The number of carbonyl (C=O) groups excluding carboxylic acids is 1. The molecule has 0 saturated carbocycles. The van der Waals surface area contributed by atoms with Gasteiger partial charge in [0.05, 0.1) is 19.6 Å². The minimum absolute atomic E-state index is 0.112. The van der Waals surface area contributed by atoms with Gasteiger partial charge in [0.25, 0.3) is 0 Å². The first-order chi connectivity index (χ1) is 10.2. The van der Waals surface area contributed by atoms with E-state index < -0.39 is 0 Å². The number of carbonyl (C=O) groups is 1. The number of fused-ring (bicyclic) bond motifs is 2. The summed E-state index contributed by atoms with van der Waals surface area (Å²) in [6.45, 7) is 0. The summed E-state index contributed by atoms with van der Waals surface area (Å²) >= 11 is 0. The Morgan fingerprint density at radius 2 is 1.71 bits per heavy atom. The van der Waals surface area contributed by atoms with Gasteiger partial charge in [0.2, 0.25) is 0 Å². The summed E-state index contributed by atoms with van der Waals surface area (Å²) in [6, 6.07) is 10.5. The van der Waals surface area contributed by atoms with Crippen molar-refractivity contribution in [3.63, 3.8) is 0 Å². The quantitative estimate of drug-likeness (QED) is 0.590. The van der Waals surface area contributed by atoms with Crippen LogP contribution in [0.2, 0.25) is 0 Å². The Labute approximate surface area is 121 Å². The Hall–Kier alpha value is -2.75. The van der Waals surface area contributed by atoms with Crippen LogP contribution in [-0.4, -0.2) is 25.6 Å². The first kappa shape index (κ1) is 13.2. The van der Waals surface area contributed by atoms with E-state index in [9.17, 15) is 9.90 Å². The molecule has 0 bridgehead atoms. The zero-order valence-corrected chi connectivity index (χ0v) is 11.7. The summed E-state index contributed by atoms with van der Waals surface area (Å²) in [6.07, 6.45) is 0.778. The minimum Gasteiger partial charge on any atom is -0.507 e. The van der Waals surface area contributed by atoms with E-state index in [1.54, 1.807) is 38.5 Å². The number of hydrogen-bond acceptors (Lipinski definition) is 4. The van der Waals surface area contributed by atoms with E-state index >= 15 is 0 Å². The van der Waals surface area contributed by atoms with Crippen LogP contribution in [0.5, 0.6) is 17.2 Å². The van der Waals surface area contributed by atoms with Gasteiger partial charge in [0.1, 0.15) is 23.5 Å². The van der Waals surface area contributed by atoms with Crippen LogP contribution in [0.4, 0.5) is 0 Å². The predicted octanol–water partition coefficient (Wildman–Crippen LogP) is 3.53. The molecule has 0 spiro atoms. The third kappa shape index (κ3) is 1.88. The monoisotopic (exact) mass is 282 g/mol. The molecule has 0 aliphatic rings. The van der Waals surface area contributed by atoms with Crippen molar-refractivity contribution in [1.29, 1.82) is 0 Å². The summed E-state index contributed by atoms with van der Waals surface area (Å²) in [5.74, 6) is 1.29. The molecule has 4 heteroatoms. The summed E-state index contributed by atoms with van der Waals surface area (Å²) in [4.78, 5) is 11.0. The average Bonchev–Trinajstić information content (AvgIpc) is 2.52. The molecule has 0 aliphatic heterocycles. The van der Waals surface area contributed by atoms with Gasteiger partial charge in [0.15, 0.2) is 0 Å². The number of aldehydes is 1. The van der Waals surface area contributed by atoms with Crippen molar-refractivity contribution >= 4 is 27.8 Å². The van der Waals surface area contributed by atoms with Crippen LogP contribution in [0.25, 0.3) is 21.5 Å². The maximum atomic E-state index is 11.0. The van der Waals surface area contributed by atoms with Gasteiger partial charge in [-0.1, -0.05) is 18.2 Å². The van der Waals surface area contributed by atoms with Crippen molar-refractivity contribution in [2.75, 3.05) is 14.2 Å². The number of aromatic hydroxyl groups is 1. The lowest BCUT2D eigenvalue weighted by atomic mass is 9.98. The van der Waals surface area contributed by atoms with Gasteiger partial charge in [-0.2, -0.15) is 0 Å². The third-order valence-electron chi connectivity index (χ3n) is 3.59. The fraction of sp³-hybridized carbons (Fsp3) is 0.118.